The predicted molar refractivity (Wildman–Crippen MR) is 111 cm³/mol. The van der Waals surface area contributed by atoms with Gasteiger partial charge < -0.3 is 10.1 Å². The van der Waals surface area contributed by atoms with E-state index in [1.165, 1.54) is 0 Å². The van der Waals surface area contributed by atoms with Gasteiger partial charge in [0.05, 0.1) is 23.1 Å². The number of nitrogens with zero attached hydrogens (tertiary/aromatic N) is 3. The summed E-state index contributed by atoms with van der Waals surface area (Å²) in [5.41, 5.74) is 0.877. The molecule has 2 fully saturated rings. The fourth-order valence-electron chi connectivity index (χ4n) is 4.15. The van der Waals surface area contributed by atoms with Gasteiger partial charge in [0.1, 0.15) is 0 Å². The molecular formula is C21H28N4O3S. The van der Waals surface area contributed by atoms with Gasteiger partial charge in [-0.2, -0.15) is 4.31 Å². The highest BCUT2D eigenvalue weighted by Crippen LogP contribution is 2.38. The van der Waals surface area contributed by atoms with E-state index in [2.05, 4.69) is 29.1 Å². The van der Waals surface area contributed by atoms with Crippen molar-refractivity contribution in [2.75, 3.05) is 25.0 Å². The number of benzene rings is 1. The number of piperidine rings is 1. The Morgan fingerprint density at radius 1 is 1.14 bits per heavy atom. The maximum absolute atomic E-state index is 13.0. The first kappa shape index (κ1) is 20.3. The quantitative estimate of drug-likeness (QED) is 0.807. The van der Waals surface area contributed by atoms with Gasteiger partial charge in [0.25, 0.3) is 0 Å². The van der Waals surface area contributed by atoms with Gasteiger partial charge in [-0.1, -0.05) is 26.0 Å². The van der Waals surface area contributed by atoms with Crippen LogP contribution in [-0.4, -0.2) is 54.0 Å². The third kappa shape index (κ3) is 4.29. The second-order valence-corrected chi connectivity index (χ2v) is 10.2. The van der Waals surface area contributed by atoms with Crippen LogP contribution in [0.4, 0.5) is 5.95 Å². The summed E-state index contributed by atoms with van der Waals surface area (Å²) in [6.45, 7) is 5.73. The Labute approximate surface area is 172 Å². The van der Waals surface area contributed by atoms with Crippen molar-refractivity contribution >= 4 is 16.0 Å². The van der Waals surface area contributed by atoms with E-state index in [1.807, 2.05) is 12.1 Å². The molecule has 0 unspecified atom stereocenters. The maximum Gasteiger partial charge on any atom is 0.243 e. The standard InChI is InChI=1S/C21H28N4O3S/c1-16(2)17-4-6-19(7-5-17)29(26,27)25-12-8-21(9-13-25)14-18(15-28-21)24-20-22-10-3-11-23-20/h3-7,10-11,16,18H,8-9,12-15H2,1-2H3,(H,22,23,24)/t18-/m0/s1. The van der Waals surface area contributed by atoms with E-state index in [1.54, 1.807) is 34.9 Å². The SMILES string of the molecule is CC(C)c1ccc(S(=O)(=O)N2CCC3(CC2)C[C@H](Nc2ncccn2)CO3)cc1. The minimum atomic E-state index is -3.47. The first-order valence-electron chi connectivity index (χ1n) is 10.2. The van der Waals surface area contributed by atoms with Crippen LogP contribution in [0.1, 0.15) is 44.6 Å². The van der Waals surface area contributed by atoms with E-state index in [0.29, 0.717) is 49.3 Å². The zero-order valence-corrected chi connectivity index (χ0v) is 17.7. The number of anilines is 1. The Kier molecular flexibility index (Phi) is 5.59. The minimum Gasteiger partial charge on any atom is -0.373 e. The van der Waals surface area contributed by atoms with Crippen LogP contribution < -0.4 is 5.32 Å². The van der Waals surface area contributed by atoms with Gasteiger partial charge in [-0.25, -0.2) is 18.4 Å². The fraction of sp³-hybridized carbons (Fsp3) is 0.524. The Hall–Kier alpha value is -2.03. The zero-order chi connectivity index (χ0) is 20.5. The van der Waals surface area contributed by atoms with Gasteiger partial charge >= 0.3 is 0 Å². The molecule has 2 aromatic rings. The highest BCUT2D eigenvalue weighted by molar-refractivity contribution is 7.89. The number of hydrogen-bond acceptors (Lipinski definition) is 6. The summed E-state index contributed by atoms with van der Waals surface area (Å²) < 4.78 is 33.8. The van der Waals surface area contributed by atoms with Crippen LogP contribution in [-0.2, 0) is 14.8 Å². The molecule has 1 atom stereocenters. The summed E-state index contributed by atoms with van der Waals surface area (Å²) in [6, 6.07) is 9.19. The molecule has 0 aliphatic carbocycles. The Bertz CT molecular complexity index is 924. The van der Waals surface area contributed by atoms with Crippen molar-refractivity contribution in [1.29, 1.82) is 0 Å². The van der Waals surface area contributed by atoms with E-state index >= 15 is 0 Å². The van der Waals surface area contributed by atoms with Crippen LogP contribution >= 0.6 is 0 Å². The summed E-state index contributed by atoms with van der Waals surface area (Å²) in [5.74, 6) is 0.979. The van der Waals surface area contributed by atoms with Gasteiger partial charge in [0.2, 0.25) is 16.0 Å². The number of hydrogen-bond donors (Lipinski definition) is 1. The number of nitrogens with one attached hydrogen (secondary N) is 1. The molecule has 2 aliphatic heterocycles. The molecule has 0 radical (unpaired) electrons. The summed E-state index contributed by atoms with van der Waals surface area (Å²) >= 11 is 0. The summed E-state index contributed by atoms with van der Waals surface area (Å²) in [4.78, 5) is 8.78. The van der Waals surface area contributed by atoms with Gasteiger partial charge in [0, 0.05) is 25.5 Å². The van der Waals surface area contributed by atoms with Crippen LogP contribution in [0.5, 0.6) is 0 Å². The Morgan fingerprint density at radius 2 is 1.79 bits per heavy atom. The monoisotopic (exact) mass is 416 g/mol. The van der Waals surface area contributed by atoms with Crippen molar-refractivity contribution < 1.29 is 13.2 Å². The summed E-state index contributed by atoms with van der Waals surface area (Å²) in [5, 5.41) is 3.31. The van der Waals surface area contributed by atoms with Crippen molar-refractivity contribution in [1.82, 2.24) is 14.3 Å². The molecule has 0 saturated carbocycles. The highest BCUT2D eigenvalue weighted by Gasteiger charge is 2.45. The zero-order valence-electron chi connectivity index (χ0n) is 16.9. The molecule has 3 heterocycles. The first-order chi connectivity index (χ1) is 13.9. The third-order valence-electron chi connectivity index (χ3n) is 5.93. The third-order valence-corrected chi connectivity index (χ3v) is 7.84. The van der Waals surface area contributed by atoms with E-state index in [4.69, 9.17) is 4.74 Å². The molecule has 0 amide bonds. The van der Waals surface area contributed by atoms with Crippen molar-refractivity contribution in [3.05, 3.63) is 48.3 Å². The molecule has 1 aromatic heterocycles. The second kappa shape index (κ2) is 8.01. The van der Waals surface area contributed by atoms with E-state index in [9.17, 15) is 8.42 Å². The van der Waals surface area contributed by atoms with Gasteiger partial charge in [-0.15, -0.1) is 0 Å². The smallest absolute Gasteiger partial charge is 0.243 e. The van der Waals surface area contributed by atoms with Gasteiger partial charge in [-0.05, 0) is 48.9 Å². The average molecular weight is 417 g/mol. The van der Waals surface area contributed by atoms with Crippen LogP contribution in [0.25, 0.3) is 0 Å². The molecule has 1 spiro atoms. The lowest BCUT2D eigenvalue weighted by Gasteiger charge is -2.38. The molecule has 29 heavy (non-hydrogen) atoms. The van der Waals surface area contributed by atoms with Crippen molar-refractivity contribution in [2.24, 2.45) is 0 Å². The molecule has 0 bridgehead atoms. The molecule has 7 nitrogen and oxygen atoms in total. The van der Waals surface area contributed by atoms with Crippen molar-refractivity contribution in [3.63, 3.8) is 0 Å². The maximum atomic E-state index is 13.0. The van der Waals surface area contributed by atoms with E-state index < -0.39 is 10.0 Å². The minimum absolute atomic E-state index is 0.143. The van der Waals surface area contributed by atoms with Crippen LogP contribution in [0, 0.1) is 0 Å². The van der Waals surface area contributed by atoms with Crippen LogP contribution in [0.3, 0.4) is 0 Å². The first-order valence-corrected chi connectivity index (χ1v) is 11.6. The molecule has 8 heteroatoms. The molecule has 156 valence electrons. The van der Waals surface area contributed by atoms with E-state index in [-0.39, 0.29) is 11.6 Å². The fourth-order valence-corrected chi connectivity index (χ4v) is 5.59. The topological polar surface area (TPSA) is 84.4 Å². The summed E-state index contributed by atoms with van der Waals surface area (Å²) in [6.07, 6.45) is 5.65. The number of sulfonamides is 1. The van der Waals surface area contributed by atoms with Crippen LogP contribution in [0.2, 0.25) is 0 Å². The number of aromatic nitrogens is 2. The Morgan fingerprint density at radius 3 is 2.41 bits per heavy atom. The van der Waals surface area contributed by atoms with Crippen LogP contribution in [0.15, 0.2) is 47.6 Å². The molecule has 2 saturated heterocycles. The van der Waals surface area contributed by atoms with Gasteiger partial charge in [0.15, 0.2) is 0 Å². The highest BCUT2D eigenvalue weighted by atomic mass is 32.2. The molecule has 1 N–H and O–H groups in total. The molecule has 2 aliphatic rings. The average Bonchev–Trinajstić information content (AvgIpc) is 3.11. The predicted octanol–water partition coefficient (Wildman–Crippen LogP) is 3.02. The lowest BCUT2D eigenvalue weighted by molar-refractivity contribution is -0.0310. The number of ether oxygens (including phenoxy) is 1. The Balaban J connectivity index is 1.37. The largest absolute Gasteiger partial charge is 0.373 e. The number of rotatable bonds is 5. The van der Waals surface area contributed by atoms with Gasteiger partial charge in [-0.3, -0.25) is 0 Å². The lowest BCUT2D eigenvalue weighted by Crippen LogP contribution is -2.46. The lowest BCUT2D eigenvalue weighted by atomic mass is 9.88. The molecular weight excluding hydrogens is 388 g/mol. The van der Waals surface area contributed by atoms with E-state index in [0.717, 1.165) is 12.0 Å². The molecule has 4 rings (SSSR count). The normalized spacial score (nSPS) is 22.2. The second-order valence-electron chi connectivity index (χ2n) is 8.24. The van der Waals surface area contributed by atoms with Crippen molar-refractivity contribution in [2.45, 2.75) is 55.6 Å². The summed E-state index contributed by atoms with van der Waals surface area (Å²) in [7, 11) is -3.47. The van der Waals surface area contributed by atoms with Crippen molar-refractivity contribution in [3.8, 4) is 0 Å². The molecule has 1 aromatic carbocycles.